The smallest absolute Gasteiger partial charge is 0.404 e. The molecule has 5 nitrogen and oxygen atoms in total. The van der Waals surface area contributed by atoms with Crippen molar-refractivity contribution in [1.29, 1.82) is 0 Å². The van der Waals surface area contributed by atoms with Crippen LogP contribution >= 0.6 is 0 Å². The zero-order valence-electron chi connectivity index (χ0n) is 15.9. The second-order valence-electron chi connectivity index (χ2n) is 6.88. The van der Waals surface area contributed by atoms with E-state index in [1.54, 1.807) is 12.1 Å². The SMILES string of the molecule is Cc1ccc(-c2ccn(-c3c(F)cc(C(C)C)cc3F)n2)cc1COC(N)=O. The predicted octanol–water partition coefficient (Wildman–Crippen LogP) is 4.84. The molecule has 1 amide bonds. The van der Waals surface area contributed by atoms with Crippen LogP contribution in [0.5, 0.6) is 0 Å². The summed E-state index contributed by atoms with van der Waals surface area (Å²) in [4.78, 5) is 10.8. The molecule has 0 atom stereocenters. The van der Waals surface area contributed by atoms with Gasteiger partial charge in [-0.15, -0.1) is 0 Å². The molecule has 0 fully saturated rings. The Morgan fingerprint density at radius 3 is 2.46 bits per heavy atom. The molecule has 1 aromatic heterocycles. The van der Waals surface area contributed by atoms with Crippen LogP contribution in [0.25, 0.3) is 16.9 Å². The fraction of sp³-hybridized carbons (Fsp3) is 0.238. The van der Waals surface area contributed by atoms with Crippen molar-refractivity contribution in [2.75, 3.05) is 0 Å². The highest BCUT2D eigenvalue weighted by molar-refractivity contribution is 5.65. The fourth-order valence-electron chi connectivity index (χ4n) is 2.87. The number of rotatable bonds is 5. The number of ether oxygens (including phenoxy) is 1. The first-order valence-electron chi connectivity index (χ1n) is 8.83. The van der Waals surface area contributed by atoms with Gasteiger partial charge in [0.2, 0.25) is 0 Å². The van der Waals surface area contributed by atoms with Gasteiger partial charge >= 0.3 is 6.09 Å². The van der Waals surface area contributed by atoms with Crippen molar-refractivity contribution in [2.24, 2.45) is 5.73 Å². The summed E-state index contributed by atoms with van der Waals surface area (Å²) < 4.78 is 35.0. The Kier molecular flexibility index (Phi) is 5.44. The van der Waals surface area contributed by atoms with Gasteiger partial charge in [-0.05, 0) is 53.8 Å². The van der Waals surface area contributed by atoms with Gasteiger partial charge in [-0.2, -0.15) is 5.10 Å². The third kappa shape index (κ3) is 4.03. The topological polar surface area (TPSA) is 70.1 Å². The van der Waals surface area contributed by atoms with Crippen molar-refractivity contribution in [3.8, 4) is 16.9 Å². The number of hydrogen-bond acceptors (Lipinski definition) is 3. The van der Waals surface area contributed by atoms with Crippen LogP contribution in [-0.4, -0.2) is 15.9 Å². The number of nitrogens with two attached hydrogens (primary N) is 1. The van der Waals surface area contributed by atoms with Crippen LogP contribution in [-0.2, 0) is 11.3 Å². The van der Waals surface area contributed by atoms with E-state index in [1.807, 2.05) is 32.9 Å². The summed E-state index contributed by atoms with van der Waals surface area (Å²) in [5.74, 6) is -1.32. The van der Waals surface area contributed by atoms with Crippen LogP contribution < -0.4 is 5.73 Å². The highest BCUT2D eigenvalue weighted by Gasteiger charge is 2.16. The lowest BCUT2D eigenvalue weighted by Gasteiger charge is -2.10. The molecule has 0 spiro atoms. The average Bonchev–Trinajstić information content (AvgIpc) is 3.09. The molecule has 0 unspecified atom stereocenters. The Bertz CT molecular complexity index is 1010. The van der Waals surface area contributed by atoms with Gasteiger partial charge in [0, 0.05) is 11.8 Å². The molecule has 7 heteroatoms. The van der Waals surface area contributed by atoms with Gasteiger partial charge in [0.05, 0.1) is 5.69 Å². The van der Waals surface area contributed by atoms with E-state index in [9.17, 15) is 13.6 Å². The Labute approximate surface area is 161 Å². The lowest BCUT2D eigenvalue weighted by atomic mass is 10.0. The van der Waals surface area contributed by atoms with Gasteiger partial charge in [-0.25, -0.2) is 18.3 Å². The van der Waals surface area contributed by atoms with E-state index in [1.165, 1.54) is 23.0 Å². The van der Waals surface area contributed by atoms with Gasteiger partial charge in [0.25, 0.3) is 0 Å². The number of benzene rings is 2. The second kappa shape index (κ2) is 7.80. The van der Waals surface area contributed by atoms with E-state index >= 15 is 0 Å². The molecule has 2 aromatic carbocycles. The third-order valence-electron chi connectivity index (χ3n) is 4.54. The third-order valence-corrected chi connectivity index (χ3v) is 4.54. The Morgan fingerprint density at radius 2 is 1.86 bits per heavy atom. The normalized spacial score (nSPS) is 11.1. The lowest BCUT2D eigenvalue weighted by Crippen LogP contribution is -2.13. The molecule has 0 aliphatic rings. The molecule has 0 saturated heterocycles. The molecule has 0 radical (unpaired) electrons. The number of aromatic nitrogens is 2. The molecular formula is C21H21F2N3O2. The summed E-state index contributed by atoms with van der Waals surface area (Å²) in [5, 5.41) is 4.32. The van der Waals surface area contributed by atoms with Crippen molar-refractivity contribution < 1.29 is 18.3 Å². The number of carbonyl (C=O) groups is 1. The molecule has 0 bridgehead atoms. The van der Waals surface area contributed by atoms with Crippen molar-refractivity contribution >= 4 is 6.09 Å². The summed E-state index contributed by atoms with van der Waals surface area (Å²) in [6, 6.07) is 9.82. The maximum absolute atomic E-state index is 14.5. The minimum atomic E-state index is -0.857. The largest absolute Gasteiger partial charge is 0.445 e. The molecule has 1 heterocycles. The summed E-state index contributed by atoms with van der Waals surface area (Å²) in [6.07, 6.45) is 0.649. The number of hydrogen-bond donors (Lipinski definition) is 1. The highest BCUT2D eigenvalue weighted by atomic mass is 19.1. The maximum atomic E-state index is 14.5. The van der Waals surface area contributed by atoms with Crippen molar-refractivity contribution in [2.45, 2.75) is 33.3 Å². The molecule has 0 aliphatic heterocycles. The molecular weight excluding hydrogens is 364 g/mol. The molecule has 0 aliphatic carbocycles. The zero-order valence-corrected chi connectivity index (χ0v) is 15.9. The van der Waals surface area contributed by atoms with Crippen LogP contribution in [0.2, 0.25) is 0 Å². The highest BCUT2D eigenvalue weighted by Crippen LogP contribution is 2.26. The molecule has 3 rings (SSSR count). The number of aryl methyl sites for hydroxylation is 1. The Morgan fingerprint density at radius 1 is 1.18 bits per heavy atom. The van der Waals surface area contributed by atoms with E-state index in [-0.39, 0.29) is 18.2 Å². The summed E-state index contributed by atoms with van der Waals surface area (Å²) >= 11 is 0. The van der Waals surface area contributed by atoms with E-state index < -0.39 is 17.7 Å². The van der Waals surface area contributed by atoms with Gasteiger partial charge in [-0.1, -0.05) is 26.0 Å². The summed E-state index contributed by atoms with van der Waals surface area (Å²) in [5.41, 5.74) is 8.33. The van der Waals surface area contributed by atoms with Crippen molar-refractivity contribution in [3.05, 3.63) is 70.9 Å². The van der Waals surface area contributed by atoms with E-state index in [2.05, 4.69) is 5.10 Å². The number of halogens is 2. The first-order valence-corrected chi connectivity index (χ1v) is 8.83. The van der Waals surface area contributed by atoms with Crippen LogP contribution in [0, 0.1) is 18.6 Å². The van der Waals surface area contributed by atoms with Crippen LogP contribution in [0.15, 0.2) is 42.6 Å². The number of carbonyl (C=O) groups excluding carboxylic acids is 1. The van der Waals surface area contributed by atoms with Gasteiger partial charge < -0.3 is 10.5 Å². The van der Waals surface area contributed by atoms with E-state index in [0.29, 0.717) is 11.3 Å². The van der Waals surface area contributed by atoms with Crippen LogP contribution in [0.1, 0.15) is 36.5 Å². The first-order chi connectivity index (χ1) is 13.3. The standard InChI is InChI=1S/C21H21F2N3O2/c1-12(2)15-9-17(22)20(18(23)10-15)26-7-6-19(25-26)14-5-4-13(3)16(8-14)11-28-21(24)27/h4-10,12H,11H2,1-3H3,(H2,24,27). The quantitative estimate of drug-likeness (QED) is 0.683. The first kappa shape index (κ1) is 19.5. The molecule has 0 saturated carbocycles. The van der Waals surface area contributed by atoms with Crippen LogP contribution in [0.3, 0.4) is 0 Å². The van der Waals surface area contributed by atoms with Gasteiger partial charge in [0.1, 0.15) is 12.3 Å². The molecule has 146 valence electrons. The molecule has 2 N–H and O–H groups in total. The number of primary amides is 1. The Hall–Kier alpha value is -3.22. The fourth-order valence-corrected chi connectivity index (χ4v) is 2.87. The zero-order chi connectivity index (χ0) is 20.4. The molecule has 28 heavy (non-hydrogen) atoms. The van der Waals surface area contributed by atoms with E-state index in [0.717, 1.165) is 16.7 Å². The number of amides is 1. The van der Waals surface area contributed by atoms with Crippen molar-refractivity contribution in [1.82, 2.24) is 9.78 Å². The number of nitrogens with zero attached hydrogens (tertiary/aromatic N) is 2. The summed E-state index contributed by atoms with van der Waals surface area (Å²) in [7, 11) is 0. The lowest BCUT2D eigenvalue weighted by molar-refractivity contribution is 0.150. The van der Waals surface area contributed by atoms with Gasteiger partial charge in [-0.3, -0.25) is 0 Å². The minimum Gasteiger partial charge on any atom is -0.445 e. The van der Waals surface area contributed by atoms with Crippen LogP contribution in [0.4, 0.5) is 13.6 Å². The average molecular weight is 385 g/mol. The van der Waals surface area contributed by atoms with Gasteiger partial charge in [0.15, 0.2) is 11.6 Å². The minimum absolute atomic E-state index is 0.0137. The van der Waals surface area contributed by atoms with Crippen molar-refractivity contribution in [3.63, 3.8) is 0 Å². The second-order valence-corrected chi connectivity index (χ2v) is 6.88. The Balaban J connectivity index is 1.95. The van der Waals surface area contributed by atoms with E-state index in [4.69, 9.17) is 10.5 Å². The summed E-state index contributed by atoms with van der Waals surface area (Å²) in [6.45, 7) is 5.66. The predicted molar refractivity (Wildman–Crippen MR) is 102 cm³/mol. The monoisotopic (exact) mass is 385 g/mol. The maximum Gasteiger partial charge on any atom is 0.404 e. The molecule has 3 aromatic rings.